The normalized spacial score (nSPS) is 10.8. The van der Waals surface area contributed by atoms with Crippen LogP contribution in [0.1, 0.15) is 11.4 Å². The number of nitrogens with zero attached hydrogens (tertiary/aromatic N) is 4. The number of halogens is 2. The summed E-state index contributed by atoms with van der Waals surface area (Å²) in [5.74, 6) is -1.51. The van der Waals surface area contributed by atoms with Crippen LogP contribution in [0, 0.1) is 5.82 Å². The van der Waals surface area contributed by atoms with Gasteiger partial charge in [0.1, 0.15) is 18.4 Å². The average Bonchev–Trinajstić information content (AvgIpc) is 3.04. The first-order valence-corrected chi connectivity index (χ1v) is 8.39. The second-order valence-corrected chi connectivity index (χ2v) is 6.17. The summed E-state index contributed by atoms with van der Waals surface area (Å²) in [5.41, 5.74) is 0.790. The van der Waals surface area contributed by atoms with Crippen molar-refractivity contribution in [2.45, 2.75) is 19.7 Å². The molecule has 0 aliphatic rings. The van der Waals surface area contributed by atoms with Crippen molar-refractivity contribution >= 4 is 17.5 Å². The minimum atomic E-state index is -0.636. The number of carbonyl (C=O) groups is 1. The van der Waals surface area contributed by atoms with E-state index in [1.165, 1.54) is 24.3 Å². The minimum absolute atomic E-state index is 0.0327. The topological polar surface area (TPSA) is 133 Å². The van der Waals surface area contributed by atoms with Gasteiger partial charge >= 0.3 is 0 Å². The third-order valence-corrected chi connectivity index (χ3v) is 4.03. The summed E-state index contributed by atoms with van der Waals surface area (Å²) in [6.07, 6.45) is -0.202. The van der Waals surface area contributed by atoms with Crippen LogP contribution < -0.4 is 5.32 Å². The van der Waals surface area contributed by atoms with E-state index in [4.69, 9.17) is 11.6 Å². The number of nitrogens with one attached hydrogen (secondary N) is 1. The molecule has 0 saturated heterocycles. The Labute approximate surface area is 163 Å². The second-order valence-electron chi connectivity index (χ2n) is 5.77. The molecular formula is C17H15ClFN5O4. The van der Waals surface area contributed by atoms with Gasteiger partial charge in [0, 0.05) is 24.2 Å². The Balaban J connectivity index is 1.71. The highest BCUT2D eigenvalue weighted by molar-refractivity contribution is 6.30. The molecular weight excluding hydrogens is 393 g/mol. The molecule has 0 fully saturated rings. The van der Waals surface area contributed by atoms with E-state index in [9.17, 15) is 24.5 Å². The second kappa shape index (κ2) is 8.19. The number of aliphatic hydroxyl groups is 1. The Hall–Kier alpha value is -3.24. The molecule has 11 heteroatoms. The molecule has 2 aromatic heterocycles. The first kappa shape index (κ1) is 19.5. The molecule has 4 N–H and O–H groups in total. The van der Waals surface area contributed by atoms with Gasteiger partial charge in [0.2, 0.25) is 17.7 Å². The molecule has 3 aromatic rings. The minimum Gasteiger partial charge on any atom is -0.493 e. The van der Waals surface area contributed by atoms with Gasteiger partial charge in [-0.2, -0.15) is 4.98 Å². The Morgan fingerprint density at radius 2 is 1.89 bits per heavy atom. The Bertz CT molecular complexity index is 1010. The van der Waals surface area contributed by atoms with E-state index in [1.807, 2.05) is 0 Å². The molecule has 0 unspecified atom stereocenters. The van der Waals surface area contributed by atoms with Gasteiger partial charge in [0.05, 0.1) is 11.4 Å². The van der Waals surface area contributed by atoms with Crippen LogP contribution in [0.15, 0.2) is 30.3 Å². The number of pyridine rings is 1. The number of aromatic nitrogens is 4. The molecule has 9 nitrogen and oxygen atoms in total. The molecule has 1 aromatic carbocycles. The summed E-state index contributed by atoms with van der Waals surface area (Å²) in [6, 6.07) is 6.63. The van der Waals surface area contributed by atoms with E-state index >= 15 is 0 Å². The third kappa shape index (κ3) is 4.53. The third-order valence-electron chi connectivity index (χ3n) is 3.73. The maximum absolute atomic E-state index is 13.6. The number of benzene rings is 1. The smallest absolute Gasteiger partial charge is 0.227 e. The zero-order chi connectivity index (χ0) is 20.3. The lowest BCUT2D eigenvalue weighted by molar-refractivity contribution is -0.120. The van der Waals surface area contributed by atoms with Crippen LogP contribution in [0.4, 0.5) is 4.39 Å². The van der Waals surface area contributed by atoms with Crippen molar-refractivity contribution in [2.24, 2.45) is 0 Å². The van der Waals surface area contributed by atoms with E-state index in [-0.39, 0.29) is 41.4 Å². The predicted octanol–water partition coefficient (Wildman–Crippen LogP) is 1.35. The number of hydrogen-bond acceptors (Lipinski definition) is 7. The molecule has 0 aliphatic carbocycles. The Kier molecular flexibility index (Phi) is 5.71. The van der Waals surface area contributed by atoms with E-state index in [0.717, 1.165) is 10.7 Å². The summed E-state index contributed by atoms with van der Waals surface area (Å²) in [6.45, 7) is -0.483. The van der Waals surface area contributed by atoms with Gasteiger partial charge < -0.3 is 20.6 Å². The molecule has 0 atom stereocenters. The van der Waals surface area contributed by atoms with Crippen LogP contribution in [-0.2, 0) is 24.5 Å². The summed E-state index contributed by atoms with van der Waals surface area (Å²) >= 11 is 5.66. The van der Waals surface area contributed by atoms with Crippen molar-refractivity contribution in [2.75, 3.05) is 0 Å². The van der Waals surface area contributed by atoms with E-state index in [1.54, 1.807) is 0 Å². The van der Waals surface area contributed by atoms with Crippen molar-refractivity contribution in [1.29, 1.82) is 0 Å². The molecule has 3 rings (SSSR count). The fourth-order valence-corrected chi connectivity index (χ4v) is 2.56. The standard InChI is InChI=1S/C17H15ClFN5O4/c18-11-2-1-10(5-12(11)19)17-21-13(24(8-25)23-17)6-14(26)20-7-9-3-15(27)22-16(28)4-9/h1-5,25H,6-8H2,(H,20,26)(H2,22,27,28). The van der Waals surface area contributed by atoms with E-state index in [0.29, 0.717) is 11.1 Å². The van der Waals surface area contributed by atoms with Crippen LogP contribution in [0.3, 0.4) is 0 Å². The van der Waals surface area contributed by atoms with Crippen LogP contribution in [0.25, 0.3) is 11.4 Å². The van der Waals surface area contributed by atoms with Gasteiger partial charge in [-0.15, -0.1) is 5.10 Å². The lowest BCUT2D eigenvalue weighted by Gasteiger charge is -2.06. The summed E-state index contributed by atoms with van der Waals surface area (Å²) in [7, 11) is 0. The molecule has 2 heterocycles. The largest absolute Gasteiger partial charge is 0.493 e. The monoisotopic (exact) mass is 407 g/mol. The van der Waals surface area contributed by atoms with Crippen LogP contribution >= 0.6 is 11.6 Å². The zero-order valence-corrected chi connectivity index (χ0v) is 15.1. The first-order valence-electron chi connectivity index (χ1n) is 8.01. The molecule has 0 saturated carbocycles. The maximum Gasteiger partial charge on any atom is 0.227 e. The SMILES string of the molecule is O=C(Cc1nc(-c2ccc(Cl)c(F)c2)nn1CO)NCc1cc(O)nc(O)c1. The van der Waals surface area contributed by atoms with Crippen molar-refractivity contribution in [3.63, 3.8) is 0 Å². The van der Waals surface area contributed by atoms with Gasteiger partial charge in [-0.3, -0.25) is 4.79 Å². The fraction of sp³-hybridized carbons (Fsp3) is 0.176. The quantitative estimate of drug-likeness (QED) is 0.484. The van der Waals surface area contributed by atoms with E-state index in [2.05, 4.69) is 20.4 Å². The van der Waals surface area contributed by atoms with Crippen molar-refractivity contribution in [1.82, 2.24) is 25.1 Å². The molecule has 0 radical (unpaired) electrons. The molecule has 28 heavy (non-hydrogen) atoms. The van der Waals surface area contributed by atoms with Gasteiger partial charge in [-0.25, -0.2) is 14.1 Å². The number of hydrogen-bond donors (Lipinski definition) is 4. The van der Waals surface area contributed by atoms with Crippen LogP contribution in [0.2, 0.25) is 5.02 Å². The molecule has 0 aliphatic heterocycles. The molecule has 0 spiro atoms. The highest BCUT2D eigenvalue weighted by Gasteiger charge is 2.16. The lowest BCUT2D eigenvalue weighted by Crippen LogP contribution is -2.26. The number of carbonyl (C=O) groups excluding carboxylic acids is 1. The van der Waals surface area contributed by atoms with Gasteiger partial charge in [-0.1, -0.05) is 11.6 Å². The van der Waals surface area contributed by atoms with Crippen LogP contribution in [-0.4, -0.2) is 41.0 Å². The number of aromatic hydroxyl groups is 2. The average molecular weight is 408 g/mol. The lowest BCUT2D eigenvalue weighted by atomic mass is 10.2. The fourth-order valence-electron chi connectivity index (χ4n) is 2.44. The van der Waals surface area contributed by atoms with Gasteiger partial charge in [0.25, 0.3) is 0 Å². The Morgan fingerprint density at radius 1 is 1.18 bits per heavy atom. The number of aliphatic hydroxyl groups excluding tert-OH is 1. The molecule has 146 valence electrons. The Morgan fingerprint density at radius 3 is 2.54 bits per heavy atom. The highest BCUT2D eigenvalue weighted by atomic mass is 35.5. The number of amides is 1. The summed E-state index contributed by atoms with van der Waals surface area (Å²) in [5, 5.41) is 34.7. The van der Waals surface area contributed by atoms with Gasteiger partial charge in [0.15, 0.2) is 5.82 Å². The molecule has 0 bridgehead atoms. The highest BCUT2D eigenvalue weighted by Crippen LogP contribution is 2.22. The van der Waals surface area contributed by atoms with Gasteiger partial charge in [-0.05, 0) is 23.8 Å². The maximum atomic E-state index is 13.6. The number of rotatable bonds is 6. The molecule has 1 amide bonds. The predicted molar refractivity (Wildman–Crippen MR) is 95.8 cm³/mol. The van der Waals surface area contributed by atoms with Crippen molar-refractivity contribution in [3.8, 4) is 23.1 Å². The van der Waals surface area contributed by atoms with E-state index < -0.39 is 18.5 Å². The zero-order valence-electron chi connectivity index (χ0n) is 14.3. The van der Waals surface area contributed by atoms with Crippen LogP contribution in [0.5, 0.6) is 11.8 Å². The van der Waals surface area contributed by atoms with Crippen molar-refractivity contribution in [3.05, 3.63) is 52.6 Å². The summed E-state index contributed by atoms with van der Waals surface area (Å²) in [4.78, 5) is 19.8. The first-order chi connectivity index (χ1) is 13.4. The summed E-state index contributed by atoms with van der Waals surface area (Å²) < 4.78 is 14.8. The van der Waals surface area contributed by atoms with Crippen molar-refractivity contribution < 1.29 is 24.5 Å².